The Morgan fingerprint density at radius 1 is 1.39 bits per heavy atom. The SMILES string of the molecule is CCN(CC)C(=O)Cn1ccc(C(N)C(C)C)c1. The van der Waals surface area contributed by atoms with Gasteiger partial charge in [0.2, 0.25) is 5.91 Å². The van der Waals surface area contributed by atoms with Crippen LogP contribution >= 0.6 is 0 Å². The number of amides is 1. The van der Waals surface area contributed by atoms with Crippen molar-refractivity contribution in [3.05, 3.63) is 24.0 Å². The molecular formula is C14H25N3O. The predicted molar refractivity (Wildman–Crippen MR) is 74.1 cm³/mol. The summed E-state index contributed by atoms with van der Waals surface area (Å²) >= 11 is 0. The molecule has 1 aromatic rings. The highest BCUT2D eigenvalue weighted by atomic mass is 16.2. The van der Waals surface area contributed by atoms with Crippen molar-refractivity contribution in [1.29, 1.82) is 0 Å². The molecular weight excluding hydrogens is 226 g/mol. The minimum atomic E-state index is 0.0369. The molecule has 0 fully saturated rings. The summed E-state index contributed by atoms with van der Waals surface area (Å²) in [5, 5.41) is 0. The molecule has 2 N–H and O–H groups in total. The minimum absolute atomic E-state index is 0.0369. The Morgan fingerprint density at radius 2 is 2.00 bits per heavy atom. The second kappa shape index (κ2) is 6.59. The molecule has 4 nitrogen and oxygen atoms in total. The van der Waals surface area contributed by atoms with Crippen LogP contribution in [-0.2, 0) is 11.3 Å². The topological polar surface area (TPSA) is 51.3 Å². The van der Waals surface area contributed by atoms with Crippen LogP contribution in [0, 0.1) is 5.92 Å². The molecule has 102 valence electrons. The summed E-state index contributed by atoms with van der Waals surface area (Å²) in [6.07, 6.45) is 3.91. The van der Waals surface area contributed by atoms with E-state index in [2.05, 4.69) is 13.8 Å². The first-order valence-electron chi connectivity index (χ1n) is 6.68. The number of aromatic nitrogens is 1. The average molecular weight is 251 g/mol. The Bertz CT molecular complexity index is 380. The number of likely N-dealkylation sites (N-methyl/N-ethyl adjacent to an activating group) is 1. The molecule has 0 saturated carbocycles. The highest BCUT2D eigenvalue weighted by molar-refractivity contribution is 5.75. The maximum Gasteiger partial charge on any atom is 0.242 e. The molecule has 1 rings (SSSR count). The van der Waals surface area contributed by atoms with Gasteiger partial charge in [-0.15, -0.1) is 0 Å². The van der Waals surface area contributed by atoms with Gasteiger partial charge in [-0.3, -0.25) is 4.79 Å². The fourth-order valence-corrected chi connectivity index (χ4v) is 1.97. The molecule has 0 aromatic carbocycles. The normalized spacial score (nSPS) is 12.8. The zero-order valence-corrected chi connectivity index (χ0v) is 11.9. The second-order valence-electron chi connectivity index (χ2n) is 4.95. The van der Waals surface area contributed by atoms with Crippen molar-refractivity contribution < 1.29 is 4.79 Å². The summed E-state index contributed by atoms with van der Waals surface area (Å²) in [6, 6.07) is 2.04. The zero-order valence-electron chi connectivity index (χ0n) is 11.9. The second-order valence-corrected chi connectivity index (χ2v) is 4.95. The molecule has 0 bridgehead atoms. The molecule has 4 heteroatoms. The van der Waals surface area contributed by atoms with E-state index in [1.807, 2.05) is 41.8 Å². The van der Waals surface area contributed by atoms with Crippen LogP contribution in [0.3, 0.4) is 0 Å². The van der Waals surface area contributed by atoms with Gasteiger partial charge >= 0.3 is 0 Å². The van der Waals surface area contributed by atoms with Crippen molar-refractivity contribution in [3.63, 3.8) is 0 Å². The predicted octanol–water partition coefficient (Wildman–Crippen LogP) is 2.01. The lowest BCUT2D eigenvalue weighted by molar-refractivity contribution is -0.131. The summed E-state index contributed by atoms with van der Waals surface area (Å²) in [4.78, 5) is 13.8. The third-order valence-corrected chi connectivity index (χ3v) is 3.31. The lowest BCUT2D eigenvalue weighted by Crippen LogP contribution is -2.33. The lowest BCUT2D eigenvalue weighted by Gasteiger charge is -2.19. The van der Waals surface area contributed by atoms with E-state index >= 15 is 0 Å². The third kappa shape index (κ3) is 3.60. The van der Waals surface area contributed by atoms with Crippen molar-refractivity contribution in [1.82, 2.24) is 9.47 Å². The van der Waals surface area contributed by atoms with E-state index in [9.17, 15) is 4.79 Å². The van der Waals surface area contributed by atoms with Crippen molar-refractivity contribution >= 4 is 5.91 Å². The Labute approximate surface area is 110 Å². The van der Waals surface area contributed by atoms with Crippen LogP contribution in [0.25, 0.3) is 0 Å². The maximum absolute atomic E-state index is 12.0. The molecule has 0 aliphatic heterocycles. The minimum Gasteiger partial charge on any atom is -0.345 e. The molecule has 1 heterocycles. The zero-order chi connectivity index (χ0) is 13.7. The van der Waals surface area contributed by atoms with Gasteiger partial charge in [-0.2, -0.15) is 0 Å². The van der Waals surface area contributed by atoms with Crippen molar-refractivity contribution in [2.24, 2.45) is 11.7 Å². The van der Waals surface area contributed by atoms with E-state index in [0.29, 0.717) is 12.5 Å². The van der Waals surface area contributed by atoms with Crippen LogP contribution in [0.15, 0.2) is 18.5 Å². The summed E-state index contributed by atoms with van der Waals surface area (Å²) in [6.45, 7) is 10.1. The smallest absolute Gasteiger partial charge is 0.242 e. The van der Waals surface area contributed by atoms with E-state index in [1.54, 1.807) is 0 Å². The summed E-state index contributed by atoms with van der Waals surface area (Å²) in [5.41, 5.74) is 7.18. The standard InChI is InChI=1S/C14H25N3O/c1-5-17(6-2)13(18)10-16-8-7-12(9-16)14(15)11(3)4/h7-9,11,14H,5-6,10,15H2,1-4H3. The highest BCUT2D eigenvalue weighted by Crippen LogP contribution is 2.18. The Balaban J connectivity index is 2.67. The number of rotatable bonds is 6. The van der Waals surface area contributed by atoms with Gasteiger partial charge < -0.3 is 15.2 Å². The van der Waals surface area contributed by atoms with Crippen molar-refractivity contribution in [2.75, 3.05) is 13.1 Å². The summed E-state index contributed by atoms with van der Waals surface area (Å²) < 4.78 is 1.91. The molecule has 18 heavy (non-hydrogen) atoms. The molecule has 0 radical (unpaired) electrons. The van der Waals surface area contributed by atoms with Crippen LogP contribution in [0.2, 0.25) is 0 Å². The first-order valence-corrected chi connectivity index (χ1v) is 6.68. The molecule has 0 spiro atoms. The first kappa shape index (κ1) is 14.8. The van der Waals surface area contributed by atoms with Gasteiger partial charge in [0.05, 0.1) is 0 Å². The first-order chi connectivity index (χ1) is 8.49. The summed E-state index contributed by atoms with van der Waals surface area (Å²) in [5.74, 6) is 0.555. The van der Waals surface area contributed by atoms with Crippen molar-refractivity contribution in [3.8, 4) is 0 Å². The van der Waals surface area contributed by atoms with Crippen LogP contribution in [0.4, 0.5) is 0 Å². The van der Waals surface area contributed by atoms with E-state index < -0.39 is 0 Å². The monoisotopic (exact) mass is 251 g/mol. The van der Waals surface area contributed by atoms with Gasteiger partial charge in [-0.05, 0) is 31.4 Å². The van der Waals surface area contributed by atoms with Gasteiger partial charge in [0.25, 0.3) is 0 Å². The fraction of sp³-hybridized carbons (Fsp3) is 0.643. The number of hydrogen-bond donors (Lipinski definition) is 1. The molecule has 1 aromatic heterocycles. The third-order valence-electron chi connectivity index (χ3n) is 3.31. The van der Waals surface area contributed by atoms with Crippen LogP contribution in [-0.4, -0.2) is 28.5 Å². The van der Waals surface area contributed by atoms with E-state index in [4.69, 9.17) is 5.73 Å². The quantitative estimate of drug-likeness (QED) is 0.841. The van der Waals surface area contributed by atoms with Gasteiger partial charge in [0, 0.05) is 31.5 Å². The highest BCUT2D eigenvalue weighted by Gasteiger charge is 2.14. The molecule has 0 saturated heterocycles. The Kier molecular flexibility index (Phi) is 5.41. The van der Waals surface area contributed by atoms with Crippen molar-refractivity contribution in [2.45, 2.75) is 40.3 Å². The number of carbonyl (C=O) groups excluding carboxylic acids is 1. The largest absolute Gasteiger partial charge is 0.345 e. The van der Waals surface area contributed by atoms with E-state index in [1.165, 1.54) is 0 Å². The average Bonchev–Trinajstić information content (AvgIpc) is 2.77. The van der Waals surface area contributed by atoms with Crippen LogP contribution < -0.4 is 5.73 Å². The van der Waals surface area contributed by atoms with Gasteiger partial charge in [0.15, 0.2) is 0 Å². The lowest BCUT2D eigenvalue weighted by atomic mass is 10.00. The van der Waals surface area contributed by atoms with Gasteiger partial charge in [-0.25, -0.2) is 0 Å². The van der Waals surface area contributed by atoms with E-state index in [0.717, 1.165) is 18.7 Å². The molecule has 1 atom stereocenters. The van der Waals surface area contributed by atoms with Crippen LogP contribution in [0.5, 0.6) is 0 Å². The number of nitrogens with two attached hydrogens (primary N) is 1. The molecule has 1 unspecified atom stereocenters. The number of hydrogen-bond acceptors (Lipinski definition) is 2. The summed E-state index contributed by atoms with van der Waals surface area (Å²) in [7, 11) is 0. The Hall–Kier alpha value is -1.29. The Morgan fingerprint density at radius 3 is 2.50 bits per heavy atom. The molecule has 0 aliphatic carbocycles. The van der Waals surface area contributed by atoms with E-state index in [-0.39, 0.29) is 11.9 Å². The fourth-order valence-electron chi connectivity index (χ4n) is 1.97. The van der Waals surface area contributed by atoms with Gasteiger partial charge in [0.1, 0.15) is 6.54 Å². The number of nitrogens with zero attached hydrogens (tertiary/aromatic N) is 2. The molecule has 0 aliphatic rings. The van der Waals surface area contributed by atoms with Crippen LogP contribution in [0.1, 0.15) is 39.3 Å². The molecule has 1 amide bonds. The maximum atomic E-state index is 12.0. The van der Waals surface area contributed by atoms with Gasteiger partial charge in [-0.1, -0.05) is 13.8 Å². The number of carbonyl (C=O) groups is 1.